The van der Waals surface area contributed by atoms with E-state index < -0.39 is 5.91 Å². The zero-order valence-electron chi connectivity index (χ0n) is 10.8. The fraction of sp³-hybridized carbons (Fsp3) is 0.0714. The predicted octanol–water partition coefficient (Wildman–Crippen LogP) is 2.77. The van der Waals surface area contributed by atoms with Gasteiger partial charge >= 0.3 is 0 Å². The van der Waals surface area contributed by atoms with Crippen molar-refractivity contribution in [2.24, 2.45) is 5.73 Å². The minimum atomic E-state index is -0.570. The van der Waals surface area contributed by atoms with Crippen molar-refractivity contribution < 1.29 is 9.53 Å². The summed E-state index contributed by atoms with van der Waals surface area (Å²) in [6.45, 7) is 0. The highest BCUT2D eigenvalue weighted by molar-refractivity contribution is 6.32. The molecule has 0 heterocycles. The number of hydrogen-bond acceptors (Lipinski definition) is 4. The molecule has 104 valence electrons. The number of halogens is 1. The van der Waals surface area contributed by atoms with Gasteiger partial charge < -0.3 is 21.5 Å². The molecule has 2 rings (SSSR count). The van der Waals surface area contributed by atoms with E-state index in [1.165, 1.54) is 0 Å². The molecule has 5 nitrogen and oxygen atoms in total. The molecule has 0 atom stereocenters. The molecule has 5 N–H and O–H groups in total. The molecule has 2 aromatic carbocycles. The van der Waals surface area contributed by atoms with E-state index in [0.29, 0.717) is 22.1 Å². The van der Waals surface area contributed by atoms with Crippen molar-refractivity contribution in [3.8, 4) is 5.75 Å². The lowest BCUT2D eigenvalue weighted by Crippen LogP contribution is -2.14. The number of methoxy groups -OCH3 is 1. The van der Waals surface area contributed by atoms with Gasteiger partial charge in [-0.25, -0.2) is 0 Å². The Hall–Kier alpha value is -2.40. The number of nitrogens with one attached hydrogen (secondary N) is 1. The molecule has 0 spiro atoms. The number of benzene rings is 2. The summed E-state index contributed by atoms with van der Waals surface area (Å²) in [4.78, 5) is 11.2. The first kappa shape index (κ1) is 14.0. The molecule has 0 fully saturated rings. The molecule has 0 aliphatic heterocycles. The van der Waals surface area contributed by atoms with Crippen molar-refractivity contribution >= 4 is 34.6 Å². The summed E-state index contributed by atoms with van der Waals surface area (Å²) in [7, 11) is 1.54. The van der Waals surface area contributed by atoms with Gasteiger partial charge in [-0.3, -0.25) is 4.79 Å². The highest BCUT2D eigenvalue weighted by atomic mass is 35.5. The molecule has 0 unspecified atom stereocenters. The lowest BCUT2D eigenvalue weighted by atomic mass is 10.1. The summed E-state index contributed by atoms with van der Waals surface area (Å²) in [5, 5.41) is 3.56. The molecule has 0 aromatic heterocycles. The quantitative estimate of drug-likeness (QED) is 0.756. The van der Waals surface area contributed by atoms with Gasteiger partial charge in [-0.05, 0) is 30.3 Å². The van der Waals surface area contributed by atoms with Gasteiger partial charge in [0, 0.05) is 5.69 Å². The summed E-state index contributed by atoms with van der Waals surface area (Å²) < 4.78 is 5.08. The third kappa shape index (κ3) is 2.78. The largest absolute Gasteiger partial charge is 0.495 e. The first-order chi connectivity index (χ1) is 9.52. The number of carbonyl (C=O) groups is 1. The van der Waals surface area contributed by atoms with Crippen LogP contribution in [0.1, 0.15) is 10.4 Å². The number of anilines is 3. The maximum Gasteiger partial charge on any atom is 0.250 e. The molecular formula is C14H14ClN3O2. The van der Waals surface area contributed by atoms with Gasteiger partial charge in [-0.15, -0.1) is 0 Å². The molecule has 2 aromatic rings. The van der Waals surface area contributed by atoms with Gasteiger partial charge in [0.05, 0.1) is 29.1 Å². The average Bonchev–Trinajstić information content (AvgIpc) is 2.41. The van der Waals surface area contributed by atoms with Crippen LogP contribution in [0.15, 0.2) is 36.4 Å². The van der Waals surface area contributed by atoms with Gasteiger partial charge in [0.1, 0.15) is 5.75 Å². The lowest BCUT2D eigenvalue weighted by molar-refractivity contribution is 0.100. The molecule has 1 amide bonds. The second-order valence-electron chi connectivity index (χ2n) is 4.11. The number of nitrogens with two attached hydrogens (primary N) is 2. The highest BCUT2D eigenvalue weighted by Gasteiger charge is 2.10. The molecule has 0 radical (unpaired) electrons. The Balaban J connectivity index is 2.33. The molecule has 6 heteroatoms. The topological polar surface area (TPSA) is 90.4 Å². The number of para-hydroxylation sites is 1. The van der Waals surface area contributed by atoms with Gasteiger partial charge in [-0.2, -0.15) is 0 Å². The fourth-order valence-electron chi connectivity index (χ4n) is 1.79. The van der Waals surface area contributed by atoms with Gasteiger partial charge in [-0.1, -0.05) is 17.7 Å². The number of carbonyl (C=O) groups excluding carboxylic acids is 1. The Bertz CT molecular complexity index is 659. The Morgan fingerprint density at radius 2 is 2.05 bits per heavy atom. The molecule has 0 bridgehead atoms. The van der Waals surface area contributed by atoms with Crippen LogP contribution in [0.25, 0.3) is 0 Å². The van der Waals surface area contributed by atoms with Crippen LogP contribution in [-0.2, 0) is 0 Å². The van der Waals surface area contributed by atoms with E-state index in [1.54, 1.807) is 43.5 Å². The van der Waals surface area contributed by atoms with E-state index in [4.69, 9.17) is 27.8 Å². The van der Waals surface area contributed by atoms with E-state index in [2.05, 4.69) is 5.32 Å². The van der Waals surface area contributed by atoms with Crippen LogP contribution in [0.5, 0.6) is 5.75 Å². The third-order valence-electron chi connectivity index (χ3n) is 2.80. The number of nitrogen functional groups attached to an aromatic ring is 1. The first-order valence-electron chi connectivity index (χ1n) is 5.81. The minimum Gasteiger partial charge on any atom is -0.495 e. The highest BCUT2D eigenvalue weighted by Crippen LogP contribution is 2.31. The standard InChI is InChI=1S/C14H14ClN3O2/c1-20-12-6-5-8(7-10(12)15)18-11-4-2-3-9(13(11)16)14(17)19/h2-7,18H,16H2,1H3,(H2,17,19). The normalized spacial score (nSPS) is 10.1. The van der Waals surface area contributed by atoms with Crippen molar-refractivity contribution in [1.29, 1.82) is 0 Å². The molecule has 0 saturated heterocycles. The number of amides is 1. The second kappa shape index (κ2) is 5.71. The second-order valence-corrected chi connectivity index (χ2v) is 4.51. The number of ether oxygens (including phenoxy) is 1. The Labute approximate surface area is 121 Å². The number of hydrogen-bond donors (Lipinski definition) is 3. The van der Waals surface area contributed by atoms with Crippen LogP contribution in [-0.4, -0.2) is 13.0 Å². The van der Waals surface area contributed by atoms with Crippen molar-refractivity contribution in [2.45, 2.75) is 0 Å². The molecule has 20 heavy (non-hydrogen) atoms. The van der Waals surface area contributed by atoms with Gasteiger partial charge in [0.15, 0.2) is 0 Å². The van der Waals surface area contributed by atoms with Crippen molar-refractivity contribution in [3.63, 3.8) is 0 Å². The third-order valence-corrected chi connectivity index (χ3v) is 3.10. The van der Waals surface area contributed by atoms with Gasteiger partial charge in [0.25, 0.3) is 5.91 Å². The zero-order chi connectivity index (χ0) is 14.7. The summed E-state index contributed by atoms with van der Waals surface area (Å²) >= 11 is 6.05. The summed E-state index contributed by atoms with van der Waals surface area (Å²) in [5.41, 5.74) is 13.0. The van der Waals surface area contributed by atoms with Gasteiger partial charge in [0.2, 0.25) is 0 Å². The van der Waals surface area contributed by atoms with Crippen LogP contribution in [0.2, 0.25) is 5.02 Å². The molecular weight excluding hydrogens is 278 g/mol. The number of primary amides is 1. The first-order valence-corrected chi connectivity index (χ1v) is 6.19. The SMILES string of the molecule is COc1ccc(Nc2cccc(C(N)=O)c2N)cc1Cl. The Morgan fingerprint density at radius 1 is 1.30 bits per heavy atom. The maximum atomic E-state index is 11.2. The van der Waals surface area contributed by atoms with Crippen LogP contribution in [0.4, 0.5) is 17.1 Å². The Morgan fingerprint density at radius 3 is 2.65 bits per heavy atom. The fourth-order valence-corrected chi connectivity index (χ4v) is 2.05. The molecule has 0 aliphatic carbocycles. The lowest BCUT2D eigenvalue weighted by Gasteiger charge is -2.12. The van der Waals surface area contributed by atoms with E-state index in [0.717, 1.165) is 5.69 Å². The van der Waals surface area contributed by atoms with Crippen molar-refractivity contribution in [1.82, 2.24) is 0 Å². The van der Waals surface area contributed by atoms with E-state index in [1.807, 2.05) is 0 Å². The predicted molar refractivity (Wildman–Crippen MR) is 80.7 cm³/mol. The maximum absolute atomic E-state index is 11.2. The summed E-state index contributed by atoms with van der Waals surface area (Å²) in [6, 6.07) is 10.3. The van der Waals surface area contributed by atoms with Crippen molar-refractivity contribution in [2.75, 3.05) is 18.2 Å². The van der Waals surface area contributed by atoms with E-state index in [9.17, 15) is 4.79 Å². The van der Waals surface area contributed by atoms with Crippen LogP contribution >= 0.6 is 11.6 Å². The summed E-state index contributed by atoms with van der Waals surface area (Å²) in [5.74, 6) is 0.00925. The molecule has 0 saturated carbocycles. The smallest absolute Gasteiger partial charge is 0.250 e. The van der Waals surface area contributed by atoms with Crippen LogP contribution in [0, 0.1) is 0 Å². The van der Waals surface area contributed by atoms with Crippen LogP contribution in [0.3, 0.4) is 0 Å². The zero-order valence-corrected chi connectivity index (χ0v) is 11.6. The minimum absolute atomic E-state index is 0.273. The van der Waals surface area contributed by atoms with Crippen molar-refractivity contribution in [3.05, 3.63) is 47.0 Å². The molecule has 0 aliphatic rings. The Kier molecular flexibility index (Phi) is 4.00. The van der Waals surface area contributed by atoms with E-state index >= 15 is 0 Å². The number of rotatable bonds is 4. The van der Waals surface area contributed by atoms with Crippen LogP contribution < -0.4 is 21.5 Å². The average molecular weight is 292 g/mol. The summed E-state index contributed by atoms with van der Waals surface area (Å²) in [6.07, 6.45) is 0. The van der Waals surface area contributed by atoms with E-state index in [-0.39, 0.29) is 5.56 Å². The monoisotopic (exact) mass is 291 g/mol.